The van der Waals surface area contributed by atoms with Crippen LogP contribution in [0.3, 0.4) is 0 Å². The number of piperazine rings is 1. The lowest BCUT2D eigenvalue weighted by Crippen LogP contribution is -2.48. The zero-order valence-electron chi connectivity index (χ0n) is 15.3. The van der Waals surface area contributed by atoms with Gasteiger partial charge in [0.05, 0.1) is 4.90 Å². The monoisotopic (exact) mass is 405 g/mol. The molecule has 0 spiro atoms. The lowest BCUT2D eigenvalue weighted by atomic mass is 9.92. The number of sulfonamides is 1. The minimum Gasteiger partial charge on any atom is -0.296 e. The van der Waals surface area contributed by atoms with Gasteiger partial charge in [-0.3, -0.25) is 4.90 Å². The van der Waals surface area contributed by atoms with Gasteiger partial charge in [-0.05, 0) is 55.0 Å². The molecule has 2 aromatic rings. The van der Waals surface area contributed by atoms with E-state index in [-0.39, 0.29) is 0 Å². The average Bonchev–Trinajstić information content (AvgIpc) is 2.70. The number of benzene rings is 1. The summed E-state index contributed by atoms with van der Waals surface area (Å²) in [6, 6.07) is 9.51. The summed E-state index contributed by atoms with van der Waals surface area (Å²) in [4.78, 5) is 6.77. The fourth-order valence-electron chi connectivity index (χ4n) is 3.93. The third-order valence-electron chi connectivity index (χ3n) is 5.52. The molecule has 0 amide bonds. The Kier molecular flexibility index (Phi) is 5.50. The number of nitrogens with zero attached hydrogens (tertiary/aromatic N) is 3. The molecule has 2 heterocycles. The zero-order chi connectivity index (χ0) is 18.9. The molecule has 0 unspecified atom stereocenters. The summed E-state index contributed by atoms with van der Waals surface area (Å²) in [7, 11) is -3.43. The van der Waals surface area contributed by atoms with Gasteiger partial charge in [0.25, 0.3) is 0 Å². The number of aryl methyl sites for hydroxylation is 2. The Morgan fingerprint density at radius 3 is 2.48 bits per heavy atom. The Morgan fingerprint density at radius 1 is 1.00 bits per heavy atom. The average molecular weight is 406 g/mol. The van der Waals surface area contributed by atoms with E-state index in [1.807, 2.05) is 24.3 Å². The highest BCUT2D eigenvalue weighted by Crippen LogP contribution is 2.26. The number of aromatic nitrogens is 1. The van der Waals surface area contributed by atoms with E-state index in [4.69, 9.17) is 11.6 Å². The first-order valence-corrected chi connectivity index (χ1v) is 11.3. The Bertz CT molecular complexity index is 925. The molecule has 0 radical (unpaired) electrons. The number of hydrogen-bond donors (Lipinski definition) is 0. The summed E-state index contributed by atoms with van der Waals surface area (Å²) in [5.41, 5.74) is 3.48. The van der Waals surface area contributed by atoms with E-state index in [0.717, 1.165) is 24.8 Å². The van der Waals surface area contributed by atoms with Gasteiger partial charge in [0, 0.05) is 44.5 Å². The van der Waals surface area contributed by atoms with E-state index in [0.29, 0.717) is 42.8 Å². The smallest absolute Gasteiger partial charge is 0.243 e. The van der Waals surface area contributed by atoms with Crippen molar-refractivity contribution < 1.29 is 8.42 Å². The third-order valence-corrected chi connectivity index (χ3v) is 7.75. The summed E-state index contributed by atoms with van der Waals surface area (Å²) in [5, 5.41) is 0.515. The van der Waals surface area contributed by atoms with E-state index in [9.17, 15) is 8.42 Å². The maximum atomic E-state index is 13.1. The molecular weight excluding hydrogens is 382 g/mol. The van der Waals surface area contributed by atoms with E-state index >= 15 is 0 Å². The second kappa shape index (κ2) is 7.87. The summed E-state index contributed by atoms with van der Waals surface area (Å²) in [5.74, 6) is 0. The highest BCUT2D eigenvalue weighted by Gasteiger charge is 2.29. The molecule has 1 aliphatic heterocycles. The molecule has 0 bridgehead atoms. The van der Waals surface area contributed by atoms with Crippen molar-refractivity contribution in [3.63, 3.8) is 0 Å². The molecule has 7 heteroatoms. The van der Waals surface area contributed by atoms with Crippen LogP contribution in [0.4, 0.5) is 0 Å². The van der Waals surface area contributed by atoms with Gasteiger partial charge < -0.3 is 0 Å². The Labute approximate surface area is 166 Å². The van der Waals surface area contributed by atoms with E-state index in [2.05, 4.69) is 9.88 Å². The van der Waals surface area contributed by atoms with Gasteiger partial charge in [0.2, 0.25) is 10.0 Å². The molecule has 5 nitrogen and oxygen atoms in total. The summed E-state index contributed by atoms with van der Waals surface area (Å²) in [6.07, 6.45) is 6.06. The SMILES string of the molecule is O=S(=O)(c1ccc2c(c1)CCCC2)N1CCN(Cc2cccnc2Cl)CC1. The molecule has 144 valence electrons. The quantitative estimate of drug-likeness (QED) is 0.733. The first kappa shape index (κ1) is 18.9. The molecule has 2 aliphatic rings. The summed E-state index contributed by atoms with van der Waals surface area (Å²) in [6.45, 7) is 3.07. The molecule has 0 atom stereocenters. The molecule has 1 fully saturated rings. The van der Waals surface area contributed by atoms with Crippen molar-refractivity contribution in [2.45, 2.75) is 37.1 Å². The van der Waals surface area contributed by atoms with Crippen LogP contribution in [0.25, 0.3) is 0 Å². The normalized spacial score (nSPS) is 19.0. The number of pyridine rings is 1. The van der Waals surface area contributed by atoms with Crippen molar-refractivity contribution in [1.29, 1.82) is 0 Å². The van der Waals surface area contributed by atoms with Gasteiger partial charge in [-0.2, -0.15) is 4.31 Å². The van der Waals surface area contributed by atoms with Gasteiger partial charge in [-0.25, -0.2) is 13.4 Å². The molecule has 27 heavy (non-hydrogen) atoms. The highest BCUT2D eigenvalue weighted by molar-refractivity contribution is 7.89. The van der Waals surface area contributed by atoms with Gasteiger partial charge >= 0.3 is 0 Å². The van der Waals surface area contributed by atoms with Crippen LogP contribution in [-0.4, -0.2) is 48.8 Å². The summed E-state index contributed by atoms with van der Waals surface area (Å²) < 4.78 is 27.7. The van der Waals surface area contributed by atoms with Gasteiger partial charge in [-0.15, -0.1) is 0 Å². The van der Waals surface area contributed by atoms with Crippen LogP contribution in [0, 0.1) is 0 Å². The maximum Gasteiger partial charge on any atom is 0.243 e. The van der Waals surface area contributed by atoms with Gasteiger partial charge in [0.1, 0.15) is 5.15 Å². The van der Waals surface area contributed by atoms with Crippen LogP contribution < -0.4 is 0 Å². The van der Waals surface area contributed by atoms with Crippen molar-refractivity contribution in [2.75, 3.05) is 26.2 Å². The first-order chi connectivity index (χ1) is 13.0. The lowest BCUT2D eigenvalue weighted by Gasteiger charge is -2.34. The predicted octanol–water partition coefficient (Wildman–Crippen LogP) is 3.12. The zero-order valence-corrected chi connectivity index (χ0v) is 16.8. The van der Waals surface area contributed by atoms with Crippen LogP contribution >= 0.6 is 11.6 Å². The van der Waals surface area contributed by atoms with Crippen molar-refractivity contribution in [3.8, 4) is 0 Å². The maximum absolute atomic E-state index is 13.1. The third kappa shape index (κ3) is 4.04. The standard InChI is InChI=1S/C20H24ClN3O2S/c21-20-18(6-3-9-22-20)15-23-10-12-24(13-11-23)27(25,26)19-8-7-16-4-1-2-5-17(16)14-19/h3,6-9,14H,1-2,4-5,10-13,15H2. The van der Waals surface area contributed by atoms with Gasteiger partial charge in [-0.1, -0.05) is 23.7 Å². The van der Waals surface area contributed by atoms with Crippen LogP contribution in [0.2, 0.25) is 5.15 Å². The number of halogens is 1. The van der Waals surface area contributed by atoms with Crippen molar-refractivity contribution in [3.05, 3.63) is 58.4 Å². The van der Waals surface area contributed by atoms with Crippen LogP contribution in [0.1, 0.15) is 29.5 Å². The molecule has 4 rings (SSSR count). The first-order valence-electron chi connectivity index (χ1n) is 9.48. The Morgan fingerprint density at radius 2 is 1.74 bits per heavy atom. The fraction of sp³-hybridized carbons (Fsp3) is 0.450. The van der Waals surface area contributed by atoms with Gasteiger partial charge in [0.15, 0.2) is 0 Å². The van der Waals surface area contributed by atoms with Crippen LogP contribution in [0.5, 0.6) is 0 Å². The van der Waals surface area contributed by atoms with E-state index < -0.39 is 10.0 Å². The molecule has 1 saturated heterocycles. The minimum absolute atomic E-state index is 0.437. The molecular formula is C20H24ClN3O2S. The fourth-order valence-corrected chi connectivity index (χ4v) is 5.58. The molecule has 1 aliphatic carbocycles. The van der Waals surface area contributed by atoms with Crippen LogP contribution in [-0.2, 0) is 29.4 Å². The lowest BCUT2D eigenvalue weighted by molar-refractivity contribution is 0.181. The van der Waals surface area contributed by atoms with Crippen molar-refractivity contribution in [2.24, 2.45) is 0 Å². The summed E-state index contributed by atoms with van der Waals surface area (Å²) >= 11 is 6.14. The van der Waals surface area contributed by atoms with Crippen molar-refractivity contribution >= 4 is 21.6 Å². The predicted molar refractivity (Wildman–Crippen MR) is 106 cm³/mol. The van der Waals surface area contributed by atoms with Crippen LogP contribution in [0.15, 0.2) is 41.4 Å². The molecule has 1 aromatic heterocycles. The molecule has 0 N–H and O–H groups in total. The molecule has 1 aromatic carbocycles. The molecule has 0 saturated carbocycles. The van der Waals surface area contributed by atoms with Crippen molar-refractivity contribution in [1.82, 2.24) is 14.2 Å². The Hall–Kier alpha value is -1.47. The second-order valence-electron chi connectivity index (χ2n) is 7.27. The number of fused-ring (bicyclic) bond motifs is 1. The highest BCUT2D eigenvalue weighted by atomic mass is 35.5. The second-order valence-corrected chi connectivity index (χ2v) is 9.57. The van der Waals surface area contributed by atoms with E-state index in [1.54, 1.807) is 16.6 Å². The van der Waals surface area contributed by atoms with E-state index in [1.165, 1.54) is 17.5 Å². The number of hydrogen-bond acceptors (Lipinski definition) is 4. The number of rotatable bonds is 4. The Balaban J connectivity index is 1.43. The topological polar surface area (TPSA) is 53.5 Å². The largest absolute Gasteiger partial charge is 0.296 e. The minimum atomic E-state index is -3.43.